The molecule has 3 N–H and O–H groups in total. The molecule has 82 valence electrons. The Balaban J connectivity index is 2.15. The number of nitrogens with two attached hydrogens (primary N) is 1. The number of carbonyl (C=O) groups is 2. The highest BCUT2D eigenvalue weighted by Crippen LogP contribution is 2.45. The van der Waals surface area contributed by atoms with Gasteiger partial charge in [-0.05, 0) is 6.07 Å². The van der Waals surface area contributed by atoms with Crippen molar-refractivity contribution >= 4 is 17.6 Å². The van der Waals surface area contributed by atoms with Gasteiger partial charge in [-0.25, -0.2) is 0 Å². The van der Waals surface area contributed by atoms with Crippen LogP contribution < -0.4 is 11.1 Å². The summed E-state index contributed by atoms with van der Waals surface area (Å²) >= 11 is 0. The van der Waals surface area contributed by atoms with Crippen LogP contribution in [0.4, 0.5) is 5.69 Å². The number of anilines is 1. The largest absolute Gasteiger partial charge is 0.443 e. The zero-order valence-electron chi connectivity index (χ0n) is 8.40. The number of nitrogens with one attached hydrogen (secondary N) is 1. The minimum absolute atomic E-state index is 0.203. The lowest BCUT2D eigenvalue weighted by Gasteiger charge is -2.19. The molecule has 1 amide bonds. The molecule has 5 heteroatoms. The topological polar surface area (TPSA) is 81.4 Å². The molecule has 0 aromatic heterocycles. The van der Waals surface area contributed by atoms with E-state index in [1.807, 2.05) is 6.07 Å². The Morgan fingerprint density at radius 2 is 2.12 bits per heavy atom. The molecule has 0 unspecified atom stereocenters. The van der Waals surface area contributed by atoms with Crippen LogP contribution in [0.15, 0.2) is 24.3 Å². The fourth-order valence-corrected chi connectivity index (χ4v) is 2.28. The SMILES string of the molecule is N[C@H]1C[C@@]2(OC1=O)C(=O)Nc1ccccc12. The van der Waals surface area contributed by atoms with Crippen molar-refractivity contribution in [2.45, 2.75) is 18.1 Å². The summed E-state index contributed by atoms with van der Waals surface area (Å²) in [5.41, 5.74) is 5.78. The molecule has 2 heterocycles. The monoisotopic (exact) mass is 218 g/mol. The van der Waals surface area contributed by atoms with E-state index in [1.54, 1.807) is 18.2 Å². The highest BCUT2D eigenvalue weighted by atomic mass is 16.6. The second-order valence-corrected chi connectivity index (χ2v) is 4.06. The minimum atomic E-state index is -1.20. The first-order valence-electron chi connectivity index (χ1n) is 5.03. The van der Waals surface area contributed by atoms with E-state index in [2.05, 4.69) is 5.32 Å². The first-order valence-corrected chi connectivity index (χ1v) is 5.03. The molecule has 1 fully saturated rings. The maximum Gasteiger partial charge on any atom is 0.324 e. The van der Waals surface area contributed by atoms with Crippen molar-refractivity contribution in [2.75, 3.05) is 5.32 Å². The van der Waals surface area contributed by atoms with Crippen LogP contribution in [0, 0.1) is 0 Å². The molecular formula is C11H10N2O3. The zero-order valence-corrected chi connectivity index (χ0v) is 8.40. The molecule has 1 aromatic carbocycles. The number of fused-ring (bicyclic) bond motifs is 2. The molecule has 3 rings (SSSR count). The molecule has 5 nitrogen and oxygen atoms in total. The molecule has 0 radical (unpaired) electrons. The number of hydrogen-bond acceptors (Lipinski definition) is 4. The Hall–Kier alpha value is -1.88. The molecule has 2 atom stereocenters. The number of esters is 1. The third kappa shape index (κ3) is 0.979. The highest BCUT2D eigenvalue weighted by molar-refractivity contribution is 6.07. The molecule has 2 aliphatic rings. The number of ether oxygens (including phenoxy) is 1. The van der Waals surface area contributed by atoms with E-state index in [-0.39, 0.29) is 12.3 Å². The molecule has 0 bridgehead atoms. The number of rotatable bonds is 0. The van der Waals surface area contributed by atoms with Gasteiger partial charge in [-0.3, -0.25) is 9.59 Å². The molecule has 1 spiro atoms. The molecule has 1 aromatic rings. The van der Waals surface area contributed by atoms with Gasteiger partial charge in [0.2, 0.25) is 5.60 Å². The van der Waals surface area contributed by atoms with E-state index in [0.717, 1.165) is 0 Å². The first kappa shape index (κ1) is 9.35. The van der Waals surface area contributed by atoms with Crippen molar-refractivity contribution < 1.29 is 14.3 Å². The van der Waals surface area contributed by atoms with Gasteiger partial charge in [-0.2, -0.15) is 0 Å². The average Bonchev–Trinajstić information content (AvgIpc) is 2.69. The second-order valence-electron chi connectivity index (χ2n) is 4.06. The second kappa shape index (κ2) is 2.82. The van der Waals surface area contributed by atoms with E-state index in [4.69, 9.17) is 10.5 Å². The number of carbonyl (C=O) groups excluding carboxylic acids is 2. The molecule has 0 aliphatic carbocycles. The fourth-order valence-electron chi connectivity index (χ4n) is 2.28. The third-order valence-corrected chi connectivity index (χ3v) is 3.06. The van der Waals surface area contributed by atoms with Crippen molar-refractivity contribution in [3.05, 3.63) is 29.8 Å². The minimum Gasteiger partial charge on any atom is -0.443 e. The Labute approximate surface area is 91.6 Å². The van der Waals surface area contributed by atoms with Crippen LogP contribution in [-0.4, -0.2) is 17.9 Å². The molecule has 1 saturated heterocycles. The molecular weight excluding hydrogens is 208 g/mol. The van der Waals surface area contributed by atoms with Crippen LogP contribution in [0.3, 0.4) is 0 Å². The van der Waals surface area contributed by atoms with Crippen molar-refractivity contribution in [3.8, 4) is 0 Å². The van der Waals surface area contributed by atoms with Crippen molar-refractivity contribution in [1.29, 1.82) is 0 Å². The van der Waals surface area contributed by atoms with Gasteiger partial charge in [0.15, 0.2) is 0 Å². The van der Waals surface area contributed by atoms with Crippen LogP contribution >= 0.6 is 0 Å². The maximum atomic E-state index is 11.9. The van der Waals surface area contributed by atoms with Crippen molar-refractivity contribution in [2.24, 2.45) is 5.73 Å². The van der Waals surface area contributed by atoms with E-state index >= 15 is 0 Å². The van der Waals surface area contributed by atoms with Gasteiger partial charge in [0.1, 0.15) is 6.04 Å². The summed E-state index contributed by atoms with van der Waals surface area (Å²) in [5, 5.41) is 2.70. The number of hydrogen-bond donors (Lipinski definition) is 2. The van der Waals surface area contributed by atoms with Crippen molar-refractivity contribution in [3.63, 3.8) is 0 Å². The Kier molecular flexibility index (Phi) is 1.65. The third-order valence-electron chi connectivity index (χ3n) is 3.06. The Morgan fingerprint density at radius 3 is 2.81 bits per heavy atom. The van der Waals surface area contributed by atoms with E-state index < -0.39 is 17.6 Å². The Bertz CT molecular complexity index is 500. The smallest absolute Gasteiger partial charge is 0.324 e. The van der Waals surface area contributed by atoms with E-state index in [9.17, 15) is 9.59 Å². The summed E-state index contributed by atoms with van der Waals surface area (Å²) in [4.78, 5) is 23.3. The summed E-state index contributed by atoms with van der Waals surface area (Å²) in [6.07, 6.45) is 0.203. The van der Waals surface area contributed by atoms with Crippen molar-refractivity contribution in [1.82, 2.24) is 0 Å². The summed E-state index contributed by atoms with van der Waals surface area (Å²) in [6, 6.07) is 6.45. The number of benzene rings is 1. The summed E-state index contributed by atoms with van der Waals surface area (Å²) < 4.78 is 5.18. The van der Waals surface area contributed by atoms with Crippen LogP contribution in [0.5, 0.6) is 0 Å². The van der Waals surface area contributed by atoms with Gasteiger partial charge in [0, 0.05) is 17.7 Å². The number of para-hydroxylation sites is 1. The van der Waals surface area contributed by atoms with Crippen LogP contribution in [0.1, 0.15) is 12.0 Å². The van der Waals surface area contributed by atoms with E-state index in [0.29, 0.717) is 11.3 Å². The van der Waals surface area contributed by atoms with Gasteiger partial charge >= 0.3 is 5.97 Å². The lowest BCUT2D eigenvalue weighted by molar-refractivity contribution is -0.156. The lowest BCUT2D eigenvalue weighted by Crippen LogP contribution is -2.34. The normalized spacial score (nSPS) is 31.4. The molecule has 0 saturated carbocycles. The maximum absolute atomic E-state index is 11.9. The first-order chi connectivity index (χ1) is 7.63. The highest BCUT2D eigenvalue weighted by Gasteiger charge is 2.56. The molecule has 2 aliphatic heterocycles. The predicted octanol–water partition coefficient (Wildman–Crippen LogP) is 0.108. The van der Waals surface area contributed by atoms with Crippen LogP contribution in [0.25, 0.3) is 0 Å². The average molecular weight is 218 g/mol. The predicted molar refractivity (Wildman–Crippen MR) is 55.4 cm³/mol. The lowest BCUT2D eigenvalue weighted by atomic mass is 9.91. The van der Waals surface area contributed by atoms with Crippen LogP contribution in [0.2, 0.25) is 0 Å². The summed E-state index contributed by atoms with van der Waals surface area (Å²) in [6.45, 7) is 0. The fraction of sp³-hybridized carbons (Fsp3) is 0.273. The number of amides is 1. The standard InChI is InChI=1S/C11H10N2O3/c12-7-5-11(16-9(7)14)6-3-1-2-4-8(6)13-10(11)15/h1-4,7H,5,12H2,(H,13,15)/t7-,11-/m0/s1. The van der Waals surface area contributed by atoms with E-state index in [1.165, 1.54) is 0 Å². The summed E-state index contributed by atoms with van der Waals surface area (Å²) in [7, 11) is 0. The van der Waals surface area contributed by atoms with Gasteiger partial charge in [0.05, 0.1) is 0 Å². The van der Waals surface area contributed by atoms with Crippen LogP contribution in [-0.2, 0) is 19.9 Å². The zero-order chi connectivity index (χ0) is 11.3. The van der Waals surface area contributed by atoms with Gasteiger partial charge in [-0.1, -0.05) is 18.2 Å². The quantitative estimate of drug-likeness (QED) is 0.605. The van der Waals surface area contributed by atoms with Gasteiger partial charge in [-0.15, -0.1) is 0 Å². The van der Waals surface area contributed by atoms with Gasteiger partial charge < -0.3 is 15.8 Å². The van der Waals surface area contributed by atoms with Gasteiger partial charge in [0.25, 0.3) is 5.91 Å². The molecule has 16 heavy (non-hydrogen) atoms. The Morgan fingerprint density at radius 1 is 1.38 bits per heavy atom. The summed E-state index contributed by atoms with van der Waals surface area (Å²) in [5.74, 6) is -0.832.